The van der Waals surface area contributed by atoms with Crippen molar-refractivity contribution in [3.63, 3.8) is 0 Å². The van der Waals surface area contributed by atoms with E-state index >= 15 is 0 Å². The van der Waals surface area contributed by atoms with Crippen LogP contribution in [0.2, 0.25) is 5.02 Å². The quantitative estimate of drug-likeness (QED) is 0.570. The Balaban J connectivity index is 1.97. The number of nitrogens with one attached hydrogen (secondary N) is 1. The second kappa shape index (κ2) is 6.93. The fraction of sp³-hybridized carbons (Fsp3) is 0.150. The van der Waals surface area contributed by atoms with E-state index in [1.54, 1.807) is 6.07 Å². The molecule has 134 valence electrons. The number of carbonyl (C=O) groups excluding carboxylic acids is 1. The van der Waals surface area contributed by atoms with Gasteiger partial charge in [-0.1, -0.05) is 47.5 Å². The minimum Gasteiger partial charge on any atom is -0.310 e. The third-order valence-electron chi connectivity index (χ3n) is 4.65. The molecule has 0 bridgehead atoms. The molecule has 3 aromatic rings. The maximum Gasteiger partial charge on any atom is 0.243 e. The summed E-state index contributed by atoms with van der Waals surface area (Å²) in [5.41, 5.74) is 2.77. The Morgan fingerprint density at radius 2 is 1.93 bits per heavy atom. The van der Waals surface area contributed by atoms with Gasteiger partial charge in [-0.15, -0.1) is 11.3 Å². The molecule has 1 aliphatic rings. The minimum absolute atomic E-state index is 0.344. The van der Waals surface area contributed by atoms with Crippen molar-refractivity contribution in [3.05, 3.63) is 73.5 Å². The largest absolute Gasteiger partial charge is 0.310 e. The van der Waals surface area contributed by atoms with E-state index in [-0.39, 0.29) is 5.91 Å². The first-order chi connectivity index (χ1) is 13.0. The van der Waals surface area contributed by atoms with Crippen molar-refractivity contribution in [2.24, 2.45) is 5.92 Å². The van der Waals surface area contributed by atoms with Crippen molar-refractivity contribution >= 4 is 46.9 Å². The summed E-state index contributed by atoms with van der Waals surface area (Å²) in [5, 5.41) is 13.1. The highest BCUT2D eigenvalue weighted by Gasteiger charge is 2.41. The number of fused-ring (bicyclic) bond motifs is 1. The first-order valence-corrected chi connectivity index (χ1v) is 9.89. The van der Waals surface area contributed by atoms with Crippen molar-refractivity contribution in [1.29, 1.82) is 5.26 Å². The van der Waals surface area contributed by atoms with Gasteiger partial charge in [0.1, 0.15) is 11.7 Å². The maximum absolute atomic E-state index is 12.7. The number of rotatable bonds is 2. The summed E-state index contributed by atoms with van der Waals surface area (Å²) in [7, 11) is 0. The SMILES string of the molecule is Cc1ccc(-n2c3c(sc2=S)C(c2ccccc2Cl)C(C#N)C(=O)N3)cc1. The molecular weight excluding hydrogens is 398 g/mol. The van der Waals surface area contributed by atoms with Crippen molar-refractivity contribution in [1.82, 2.24) is 4.57 Å². The van der Waals surface area contributed by atoms with E-state index in [4.69, 9.17) is 23.8 Å². The normalized spacial score (nSPS) is 18.5. The van der Waals surface area contributed by atoms with Gasteiger partial charge in [0, 0.05) is 16.6 Å². The Hall–Kier alpha value is -2.46. The third kappa shape index (κ3) is 2.98. The summed E-state index contributed by atoms with van der Waals surface area (Å²) in [5.74, 6) is -1.04. The first kappa shape index (κ1) is 17.9. The zero-order valence-corrected chi connectivity index (χ0v) is 16.7. The molecule has 4 rings (SSSR count). The summed E-state index contributed by atoms with van der Waals surface area (Å²) in [6.45, 7) is 2.01. The second-order valence-electron chi connectivity index (χ2n) is 6.35. The molecule has 4 nitrogen and oxygen atoms in total. The summed E-state index contributed by atoms with van der Waals surface area (Å²) in [6, 6.07) is 17.4. The number of anilines is 1. The van der Waals surface area contributed by atoms with E-state index in [0.717, 1.165) is 21.7 Å². The zero-order chi connectivity index (χ0) is 19.1. The summed E-state index contributed by atoms with van der Waals surface area (Å²) in [4.78, 5) is 13.6. The van der Waals surface area contributed by atoms with Crippen LogP contribution >= 0.6 is 35.2 Å². The molecule has 1 aliphatic heterocycles. The lowest BCUT2D eigenvalue weighted by Crippen LogP contribution is -2.33. The lowest BCUT2D eigenvalue weighted by molar-refractivity contribution is -0.119. The van der Waals surface area contributed by atoms with Crippen LogP contribution in [0.25, 0.3) is 5.69 Å². The minimum atomic E-state index is -0.864. The lowest BCUT2D eigenvalue weighted by Gasteiger charge is -2.28. The Labute approximate surface area is 170 Å². The van der Waals surface area contributed by atoms with Gasteiger partial charge in [0.05, 0.1) is 10.9 Å². The van der Waals surface area contributed by atoms with Gasteiger partial charge in [-0.3, -0.25) is 9.36 Å². The number of halogens is 1. The van der Waals surface area contributed by atoms with E-state index in [9.17, 15) is 10.1 Å². The smallest absolute Gasteiger partial charge is 0.243 e. The molecule has 1 amide bonds. The standard InChI is InChI=1S/C20H14ClN3OS2/c1-11-6-8-12(9-7-11)24-18-17(27-20(24)26)16(14(10-22)19(25)23-18)13-4-2-3-5-15(13)21/h2-9,14,16H,1H3,(H,23,25). The molecule has 0 saturated heterocycles. The highest BCUT2D eigenvalue weighted by atomic mass is 35.5. The number of amides is 1. The molecule has 0 aliphatic carbocycles. The fourth-order valence-corrected chi connectivity index (χ4v) is 5.15. The van der Waals surface area contributed by atoms with Gasteiger partial charge in [-0.05, 0) is 42.9 Å². The van der Waals surface area contributed by atoms with E-state index in [1.165, 1.54) is 11.3 Å². The molecule has 0 radical (unpaired) electrons. The summed E-state index contributed by atoms with van der Waals surface area (Å²) < 4.78 is 2.46. The average Bonchev–Trinajstić information content (AvgIpc) is 2.97. The lowest BCUT2D eigenvalue weighted by atomic mass is 9.83. The van der Waals surface area contributed by atoms with Crippen LogP contribution in [0.3, 0.4) is 0 Å². The number of hydrogen-bond donors (Lipinski definition) is 1. The summed E-state index contributed by atoms with van der Waals surface area (Å²) in [6.07, 6.45) is 0. The molecule has 1 aromatic heterocycles. The molecule has 2 atom stereocenters. The van der Waals surface area contributed by atoms with Gasteiger partial charge >= 0.3 is 0 Å². The first-order valence-electron chi connectivity index (χ1n) is 8.29. The van der Waals surface area contributed by atoms with Crippen LogP contribution in [0.5, 0.6) is 0 Å². The van der Waals surface area contributed by atoms with Crippen LogP contribution in [0.15, 0.2) is 48.5 Å². The Morgan fingerprint density at radius 1 is 1.22 bits per heavy atom. The van der Waals surface area contributed by atoms with Gasteiger partial charge in [0.25, 0.3) is 0 Å². The summed E-state index contributed by atoms with van der Waals surface area (Å²) >= 11 is 13.4. The third-order valence-corrected chi connectivity index (χ3v) is 6.45. The van der Waals surface area contributed by atoms with Crippen LogP contribution < -0.4 is 5.32 Å². The fourth-order valence-electron chi connectivity index (χ4n) is 3.32. The number of benzene rings is 2. The van der Waals surface area contributed by atoms with E-state index in [1.807, 2.05) is 54.0 Å². The van der Waals surface area contributed by atoms with Crippen LogP contribution in [0.1, 0.15) is 21.9 Å². The van der Waals surface area contributed by atoms with E-state index in [0.29, 0.717) is 14.8 Å². The Kier molecular flexibility index (Phi) is 4.60. The van der Waals surface area contributed by atoms with Crippen LogP contribution in [0, 0.1) is 28.1 Å². The van der Waals surface area contributed by atoms with E-state index < -0.39 is 11.8 Å². The van der Waals surface area contributed by atoms with E-state index in [2.05, 4.69) is 11.4 Å². The molecule has 0 saturated carbocycles. The molecule has 0 fully saturated rings. The van der Waals surface area contributed by atoms with Crippen LogP contribution in [-0.2, 0) is 4.79 Å². The number of nitrogens with zero attached hydrogens (tertiary/aromatic N) is 2. The number of carbonyl (C=O) groups is 1. The predicted molar refractivity (Wildman–Crippen MR) is 110 cm³/mol. The van der Waals surface area contributed by atoms with Crippen molar-refractivity contribution in [2.45, 2.75) is 12.8 Å². The predicted octanol–water partition coefficient (Wildman–Crippen LogP) is 5.45. The van der Waals surface area contributed by atoms with Gasteiger partial charge < -0.3 is 5.32 Å². The average molecular weight is 412 g/mol. The Morgan fingerprint density at radius 3 is 2.59 bits per heavy atom. The topological polar surface area (TPSA) is 57.8 Å². The van der Waals surface area contributed by atoms with Crippen molar-refractivity contribution in [3.8, 4) is 11.8 Å². The maximum atomic E-state index is 12.7. The molecule has 27 heavy (non-hydrogen) atoms. The van der Waals surface area contributed by atoms with Crippen molar-refractivity contribution < 1.29 is 4.79 Å². The number of aromatic nitrogens is 1. The highest BCUT2D eigenvalue weighted by Crippen LogP contribution is 2.46. The van der Waals surface area contributed by atoms with Gasteiger partial charge in [0.15, 0.2) is 3.95 Å². The van der Waals surface area contributed by atoms with Crippen molar-refractivity contribution in [2.75, 3.05) is 5.32 Å². The van der Waals surface area contributed by atoms with Crippen LogP contribution in [0.4, 0.5) is 5.82 Å². The highest BCUT2D eigenvalue weighted by molar-refractivity contribution is 7.73. The molecule has 7 heteroatoms. The number of nitriles is 1. The molecule has 2 heterocycles. The van der Waals surface area contributed by atoms with Gasteiger partial charge in [0.2, 0.25) is 5.91 Å². The number of thiazole rings is 1. The zero-order valence-electron chi connectivity index (χ0n) is 14.3. The number of aryl methyl sites for hydroxylation is 1. The Bertz CT molecular complexity index is 1140. The number of hydrogen-bond acceptors (Lipinski definition) is 4. The second-order valence-corrected chi connectivity index (χ2v) is 8.43. The molecule has 2 aromatic carbocycles. The molecule has 0 spiro atoms. The molecule has 2 unspecified atom stereocenters. The van der Waals surface area contributed by atoms with Crippen LogP contribution in [-0.4, -0.2) is 10.5 Å². The molecule has 1 N–H and O–H groups in total. The van der Waals surface area contributed by atoms with Gasteiger partial charge in [-0.25, -0.2) is 0 Å². The van der Waals surface area contributed by atoms with Gasteiger partial charge in [-0.2, -0.15) is 5.26 Å². The molecular formula is C20H14ClN3OS2. The monoisotopic (exact) mass is 411 g/mol.